The SMILES string of the molecule is CCC(N)C1(CC(=O)OC)CCCC1S(C)(=O)=O. The van der Waals surface area contributed by atoms with Gasteiger partial charge in [0.15, 0.2) is 9.84 Å². The Bertz CT molecular complexity index is 406. The highest BCUT2D eigenvalue weighted by molar-refractivity contribution is 7.91. The maximum absolute atomic E-state index is 11.9. The van der Waals surface area contributed by atoms with Crippen molar-refractivity contribution in [2.24, 2.45) is 11.1 Å². The van der Waals surface area contributed by atoms with Crippen molar-refractivity contribution in [2.75, 3.05) is 13.4 Å². The van der Waals surface area contributed by atoms with E-state index in [1.807, 2.05) is 6.92 Å². The van der Waals surface area contributed by atoms with Crippen LogP contribution in [0.2, 0.25) is 0 Å². The first-order valence-electron chi connectivity index (χ1n) is 6.29. The van der Waals surface area contributed by atoms with Gasteiger partial charge in [0, 0.05) is 17.7 Å². The summed E-state index contributed by atoms with van der Waals surface area (Å²) in [6, 6.07) is -0.293. The van der Waals surface area contributed by atoms with E-state index in [9.17, 15) is 13.2 Å². The smallest absolute Gasteiger partial charge is 0.306 e. The van der Waals surface area contributed by atoms with E-state index in [1.165, 1.54) is 13.4 Å². The summed E-state index contributed by atoms with van der Waals surface area (Å²) in [5.74, 6) is -0.380. The Balaban J connectivity index is 3.14. The lowest BCUT2D eigenvalue weighted by molar-refractivity contribution is -0.143. The predicted molar refractivity (Wildman–Crippen MR) is 69.8 cm³/mol. The molecular formula is C12H23NO4S. The Hall–Kier alpha value is -0.620. The molecule has 1 aliphatic rings. The van der Waals surface area contributed by atoms with Gasteiger partial charge in [0.25, 0.3) is 0 Å². The Morgan fingerprint density at radius 2 is 2.17 bits per heavy atom. The van der Waals surface area contributed by atoms with Gasteiger partial charge >= 0.3 is 5.97 Å². The largest absolute Gasteiger partial charge is 0.469 e. The monoisotopic (exact) mass is 277 g/mol. The van der Waals surface area contributed by atoms with Crippen LogP contribution in [0.5, 0.6) is 0 Å². The third-order valence-corrected chi connectivity index (χ3v) is 5.88. The van der Waals surface area contributed by atoms with E-state index in [1.54, 1.807) is 0 Å². The average Bonchev–Trinajstić information content (AvgIpc) is 2.72. The lowest BCUT2D eigenvalue weighted by atomic mass is 9.74. The second-order valence-corrected chi connectivity index (χ2v) is 7.44. The van der Waals surface area contributed by atoms with Gasteiger partial charge in [0.2, 0.25) is 0 Å². The lowest BCUT2D eigenvalue weighted by Gasteiger charge is -2.38. The van der Waals surface area contributed by atoms with Crippen molar-refractivity contribution in [3.63, 3.8) is 0 Å². The van der Waals surface area contributed by atoms with Crippen LogP contribution in [-0.4, -0.2) is 39.0 Å². The molecule has 2 N–H and O–H groups in total. The van der Waals surface area contributed by atoms with Crippen LogP contribution < -0.4 is 5.73 Å². The van der Waals surface area contributed by atoms with E-state index >= 15 is 0 Å². The highest BCUT2D eigenvalue weighted by Crippen LogP contribution is 2.47. The van der Waals surface area contributed by atoms with Gasteiger partial charge in [-0.2, -0.15) is 0 Å². The number of sulfone groups is 1. The molecule has 6 heteroatoms. The maximum atomic E-state index is 11.9. The van der Waals surface area contributed by atoms with Crippen LogP contribution in [0.25, 0.3) is 0 Å². The molecule has 0 aromatic heterocycles. The highest BCUT2D eigenvalue weighted by Gasteiger charge is 2.52. The second kappa shape index (κ2) is 5.57. The number of hydrogen-bond donors (Lipinski definition) is 1. The molecule has 1 saturated carbocycles. The molecule has 0 bridgehead atoms. The number of carbonyl (C=O) groups is 1. The van der Waals surface area contributed by atoms with Gasteiger partial charge in [0.05, 0.1) is 18.8 Å². The van der Waals surface area contributed by atoms with Gasteiger partial charge in [-0.1, -0.05) is 13.3 Å². The molecule has 0 heterocycles. The predicted octanol–water partition coefficient (Wildman–Crippen LogP) is 0.870. The Labute approximate surface area is 109 Å². The van der Waals surface area contributed by atoms with Gasteiger partial charge in [-0.05, 0) is 19.3 Å². The minimum absolute atomic E-state index is 0.0935. The molecule has 0 spiro atoms. The molecule has 0 radical (unpaired) electrons. The Kier molecular flexibility index (Phi) is 4.78. The van der Waals surface area contributed by atoms with Crippen LogP contribution in [0, 0.1) is 5.41 Å². The quantitative estimate of drug-likeness (QED) is 0.753. The average molecular weight is 277 g/mol. The van der Waals surface area contributed by atoms with Crippen molar-refractivity contribution >= 4 is 15.8 Å². The molecule has 0 saturated heterocycles. The first kappa shape index (κ1) is 15.4. The molecule has 0 amide bonds. The number of esters is 1. The van der Waals surface area contributed by atoms with E-state index in [0.717, 1.165) is 6.42 Å². The fourth-order valence-corrected chi connectivity index (χ4v) is 5.03. The topological polar surface area (TPSA) is 86.5 Å². The first-order valence-corrected chi connectivity index (χ1v) is 8.24. The summed E-state index contributed by atoms with van der Waals surface area (Å²) in [5, 5.41) is -0.529. The van der Waals surface area contributed by atoms with E-state index < -0.39 is 20.5 Å². The Morgan fingerprint density at radius 1 is 1.56 bits per heavy atom. The molecule has 1 aliphatic carbocycles. The normalized spacial score (nSPS) is 30.1. The standard InChI is InChI=1S/C12H23NO4S/c1-4-9(13)12(8-11(14)17-2)7-5-6-10(12)18(3,15)16/h9-10H,4-8,13H2,1-3H3. The van der Waals surface area contributed by atoms with E-state index in [2.05, 4.69) is 0 Å². The summed E-state index contributed by atoms with van der Waals surface area (Å²) < 4.78 is 28.6. The van der Waals surface area contributed by atoms with Crippen LogP contribution in [-0.2, 0) is 19.4 Å². The molecule has 3 atom stereocenters. The van der Waals surface area contributed by atoms with E-state index in [4.69, 9.17) is 10.5 Å². The first-order chi connectivity index (χ1) is 8.28. The third kappa shape index (κ3) is 2.85. The third-order valence-electron chi connectivity index (χ3n) is 4.15. The van der Waals surface area contributed by atoms with Crippen LogP contribution in [0.3, 0.4) is 0 Å². The summed E-state index contributed by atoms with van der Waals surface area (Å²) in [7, 11) is -1.89. The van der Waals surface area contributed by atoms with Crippen LogP contribution in [0.1, 0.15) is 39.0 Å². The fraction of sp³-hybridized carbons (Fsp3) is 0.917. The minimum atomic E-state index is -3.21. The van der Waals surface area contributed by atoms with Crippen molar-refractivity contribution in [3.05, 3.63) is 0 Å². The molecule has 18 heavy (non-hydrogen) atoms. The second-order valence-electron chi connectivity index (χ2n) is 5.21. The molecule has 0 aliphatic heterocycles. The molecule has 106 valence electrons. The van der Waals surface area contributed by atoms with Crippen molar-refractivity contribution in [1.82, 2.24) is 0 Å². The fourth-order valence-electron chi connectivity index (χ4n) is 3.21. The summed E-state index contributed by atoms with van der Waals surface area (Å²) in [4.78, 5) is 11.6. The molecule has 1 fully saturated rings. The van der Waals surface area contributed by atoms with Crippen molar-refractivity contribution in [2.45, 2.75) is 50.3 Å². The zero-order chi connectivity index (χ0) is 14.0. The van der Waals surface area contributed by atoms with Gasteiger partial charge < -0.3 is 10.5 Å². The number of methoxy groups -OCH3 is 1. The molecule has 0 aromatic rings. The number of hydrogen-bond acceptors (Lipinski definition) is 5. The lowest BCUT2D eigenvalue weighted by Crippen LogP contribution is -2.50. The van der Waals surface area contributed by atoms with Crippen LogP contribution in [0.15, 0.2) is 0 Å². The minimum Gasteiger partial charge on any atom is -0.469 e. The number of nitrogens with two attached hydrogens (primary N) is 1. The van der Waals surface area contributed by atoms with Crippen molar-refractivity contribution in [3.8, 4) is 0 Å². The van der Waals surface area contributed by atoms with Gasteiger partial charge in [-0.25, -0.2) is 8.42 Å². The summed E-state index contributed by atoms with van der Waals surface area (Å²) in [6.07, 6.45) is 4.04. The van der Waals surface area contributed by atoms with Crippen LogP contribution in [0.4, 0.5) is 0 Å². The van der Waals surface area contributed by atoms with Gasteiger partial charge in [-0.15, -0.1) is 0 Å². The zero-order valence-corrected chi connectivity index (χ0v) is 12.1. The number of rotatable bonds is 5. The van der Waals surface area contributed by atoms with E-state index in [0.29, 0.717) is 19.3 Å². The molecular weight excluding hydrogens is 254 g/mol. The molecule has 5 nitrogen and oxygen atoms in total. The summed E-state index contributed by atoms with van der Waals surface area (Å²) >= 11 is 0. The van der Waals surface area contributed by atoms with Crippen molar-refractivity contribution in [1.29, 1.82) is 0 Å². The summed E-state index contributed by atoms with van der Waals surface area (Å²) in [6.45, 7) is 1.92. The van der Waals surface area contributed by atoms with Gasteiger partial charge in [-0.3, -0.25) is 4.79 Å². The highest BCUT2D eigenvalue weighted by atomic mass is 32.2. The van der Waals surface area contributed by atoms with Crippen LogP contribution >= 0.6 is 0 Å². The number of ether oxygens (including phenoxy) is 1. The molecule has 1 rings (SSSR count). The zero-order valence-electron chi connectivity index (χ0n) is 11.3. The van der Waals surface area contributed by atoms with E-state index in [-0.39, 0.29) is 18.4 Å². The molecule has 3 unspecified atom stereocenters. The Morgan fingerprint density at radius 3 is 2.61 bits per heavy atom. The molecule has 0 aromatic carbocycles. The summed E-state index contributed by atoms with van der Waals surface area (Å²) in [5.41, 5.74) is 5.47. The maximum Gasteiger partial charge on any atom is 0.306 e. The number of carbonyl (C=O) groups excluding carboxylic acids is 1. The van der Waals surface area contributed by atoms with Crippen molar-refractivity contribution < 1.29 is 17.9 Å². The van der Waals surface area contributed by atoms with Gasteiger partial charge in [0.1, 0.15) is 0 Å².